The summed E-state index contributed by atoms with van der Waals surface area (Å²) in [5.74, 6) is 2.48. The normalized spacial score (nSPS) is 10.3. The summed E-state index contributed by atoms with van der Waals surface area (Å²) in [7, 11) is 0. The SMILES string of the molecule is Nc1cccc(NC(=O)CCSCc2ccco2)c1. The monoisotopic (exact) mass is 276 g/mol. The molecule has 1 amide bonds. The van der Waals surface area contributed by atoms with E-state index in [-0.39, 0.29) is 5.91 Å². The van der Waals surface area contributed by atoms with Crippen LogP contribution >= 0.6 is 11.8 Å². The zero-order valence-corrected chi connectivity index (χ0v) is 11.3. The molecule has 4 nitrogen and oxygen atoms in total. The molecule has 0 saturated heterocycles. The van der Waals surface area contributed by atoms with Crippen molar-refractivity contribution in [3.8, 4) is 0 Å². The molecule has 0 radical (unpaired) electrons. The molecule has 0 fully saturated rings. The Bertz CT molecular complexity index is 526. The maximum Gasteiger partial charge on any atom is 0.225 e. The van der Waals surface area contributed by atoms with Crippen LogP contribution in [0.1, 0.15) is 12.2 Å². The molecule has 0 bridgehead atoms. The first-order valence-electron chi connectivity index (χ1n) is 5.99. The third-order valence-corrected chi connectivity index (χ3v) is 3.45. The number of amides is 1. The lowest BCUT2D eigenvalue weighted by molar-refractivity contribution is -0.115. The van der Waals surface area contributed by atoms with E-state index in [0.717, 1.165) is 23.0 Å². The minimum Gasteiger partial charge on any atom is -0.468 e. The Hall–Kier alpha value is -1.88. The Kier molecular flexibility index (Phi) is 4.92. The number of rotatable bonds is 6. The van der Waals surface area contributed by atoms with Gasteiger partial charge in [0, 0.05) is 23.5 Å². The van der Waals surface area contributed by atoms with E-state index in [2.05, 4.69) is 5.32 Å². The van der Waals surface area contributed by atoms with E-state index in [1.54, 1.807) is 30.2 Å². The lowest BCUT2D eigenvalue weighted by Gasteiger charge is -2.05. The number of anilines is 2. The zero-order valence-electron chi connectivity index (χ0n) is 10.5. The van der Waals surface area contributed by atoms with Crippen LogP contribution in [0.2, 0.25) is 0 Å². The molecule has 2 rings (SSSR count). The molecule has 0 atom stereocenters. The Morgan fingerprint density at radius 1 is 1.32 bits per heavy atom. The highest BCUT2D eigenvalue weighted by molar-refractivity contribution is 7.98. The number of thioether (sulfide) groups is 1. The van der Waals surface area contributed by atoms with E-state index in [0.29, 0.717) is 12.1 Å². The van der Waals surface area contributed by atoms with E-state index in [1.165, 1.54) is 0 Å². The number of nitrogens with two attached hydrogens (primary N) is 1. The average molecular weight is 276 g/mol. The molecular formula is C14H16N2O2S. The smallest absolute Gasteiger partial charge is 0.225 e. The molecule has 1 aromatic carbocycles. The van der Waals surface area contributed by atoms with Crippen LogP contribution in [0, 0.1) is 0 Å². The minimum absolute atomic E-state index is 0.00227. The molecule has 3 N–H and O–H groups in total. The number of furan rings is 1. The summed E-state index contributed by atoms with van der Waals surface area (Å²) in [5, 5.41) is 2.82. The number of carbonyl (C=O) groups is 1. The number of nitrogen functional groups attached to an aromatic ring is 1. The van der Waals surface area contributed by atoms with Crippen LogP contribution in [0.4, 0.5) is 11.4 Å². The Morgan fingerprint density at radius 3 is 2.95 bits per heavy atom. The summed E-state index contributed by atoms with van der Waals surface area (Å²) in [5.41, 5.74) is 7.02. The number of hydrogen-bond acceptors (Lipinski definition) is 4. The number of benzene rings is 1. The molecule has 1 aromatic heterocycles. The Labute approximate surface area is 116 Å². The van der Waals surface area contributed by atoms with Crippen LogP contribution < -0.4 is 11.1 Å². The van der Waals surface area contributed by atoms with Gasteiger partial charge in [0.25, 0.3) is 0 Å². The molecule has 19 heavy (non-hydrogen) atoms. The van der Waals surface area contributed by atoms with Crippen LogP contribution in [0.3, 0.4) is 0 Å². The fourth-order valence-electron chi connectivity index (χ4n) is 1.57. The van der Waals surface area contributed by atoms with Crippen molar-refractivity contribution in [3.63, 3.8) is 0 Å². The van der Waals surface area contributed by atoms with E-state index < -0.39 is 0 Å². The molecule has 0 aliphatic carbocycles. The predicted molar refractivity (Wildman–Crippen MR) is 79.0 cm³/mol. The minimum atomic E-state index is -0.00227. The first kappa shape index (κ1) is 13.5. The highest BCUT2D eigenvalue weighted by Gasteiger charge is 2.03. The fraction of sp³-hybridized carbons (Fsp3) is 0.214. The summed E-state index contributed by atoms with van der Waals surface area (Å²) in [6.07, 6.45) is 2.13. The molecular weight excluding hydrogens is 260 g/mol. The first-order chi connectivity index (χ1) is 9.24. The van der Waals surface area contributed by atoms with Crippen molar-refractivity contribution in [2.24, 2.45) is 0 Å². The van der Waals surface area contributed by atoms with Crippen molar-refractivity contribution in [3.05, 3.63) is 48.4 Å². The van der Waals surface area contributed by atoms with Crippen molar-refractivity contribution < 1.29 is 9.21 Å². The lowest BCUT2D eigenvalue weighted by atomic mass is 10.3. The van der Waals surface area contributed by atoms with Crippen LogP contribution in [0.25, 0.3) is 0 Å². The maximum absolute atomic E-state index is 11.7. The first-order valence-corrected chi connectivity index (χ1v) is 7.15. The molecule has 5 heteroatoms. The van der Waals surface area contributed by atoms with E-state index in [4.69, 9.17) is 10.2 Å². The third kappa shape index (κ3) is 4.71. The summed E-state index contributed by atoms with van der Waals surface area (Å²) in [4.78, 5) is 11.7. The van der Waals surface area contributed by atoms with Crippen molar-refractivity contribution in [2.75, 3.05) is 16.8 Å². The second kappa shape index (κ2) is 6.89. The van der Waals surface area contributed by atoms with Crippen LogP contribution in [-0.4, -0.2) is 11.7 Å². The second-order valence-corrected chi connectivity index (χ2v) is 5.16. The maximum atomic E-state index is 11.7. The molecule has 0 unspecified atom stereocenters. The molecule has 1 heterocycles. The summed E-state index contributed by atoms with van der Waals surface area (Å²) in [6.45, 7) is 0. The topological polar surface area (TPSA) is 68.3 Å². The van der Waals surface area contributed by atoms with Gasteiger partial charge in [0.1, 0.15) is 5.76 Å². The molecule has 0 saturated carbocycles. The van der Waals surface area contributed by atoms with E-state index in [1.807, 2.05) is 24.3 Å². The van der Waals surface area contributed by atoms with Gasteiger partial charge in [-0.15, -0.1) is 0 Å². The van der Waals surface area contributed by atoms with Crippen LogP contribution in [0.5, 0.6) is 0 Å². The van der Waals surface area contributed by atoms with Gasteiger partial charge in [-0.3, -0.25) is 4.79 Å². The Morgan fingerprint density at radius 2 is 2.21 bits per heavy atom. The van der Waals surface area contributed by atoms with Crippen LogP contribution in [0.15, 0.2) is 47.1 Å². The van der Waals surface area contributed by atoms with Gasteiger partial charge < -0.3 is 15.5 Å². The Balaban J connectivity index is 1.67. The largest absolute Gasteiger partial charge is 0.468 e. The van der Waals surface area contributed by atoms with Crippen molar-refractivity contribution in [1.82, 2.24) is 0 Å². The number of nitrogens with one attached hydrogen (secondary N) is 1. The standard InChI is InChI=1S/C14H16N2O2S/c15-11-3-1-4-12(9-11)16-14(17)6-8-19-10-13-5-2-7-18-13/h1-5,7,9H,6,8,10,15H2,(H,16,17). The predicted octanol–water partition coefficient (Wildman–Crippen LogP) is 3.12. The van der Waals surface area contributed by atoms with Gasteiger partial charge in [-0.25, -0.2) is 0 Å². The van der Waals surface area contributed by atoms with Gasteiger partial charge in [-0.2, -0.15) is 11.8 Å². The van der Waals surface area contributed by atoms with Gasteiger partial charge in [0.15, 0.2) is 0 Å². The van der Waals surface area contributed by atoms with E-state index in [9.17, 15) is 4.79 Å². The number of hydrogen-bond donors (Lipinski definition) is 2. The molecule has 0 spiro atoms. The fourth-order valence-corrected chi connectivity index (χ4v) is 2.41. The highest BCUT2D eigenvalue weighted by Crippen LogP contribution is 2.15. The third-order valence-electron chi connectivity index (χ3n) is 2.47. The molecule has 100 valence electrons. The second-order valence-electron chi connectivity index (χ2n) is 4.06. The molecule has 2 aromatic rings. The summed E-state index contributed by atoms with van der Waals surface area (Å²) < 4.78 is 5.21. The number of carbonyl (C=O) groups excluding carboxylic acids is 1. The van der Waals surface area contributed by atoms with Gasteiger partial charge in [-0.05, 0) is 30.3 Å². The van der Waals surface area contributed by atoms with Gasteiger partial charge in [0.05, 0.1) is 12.0 Å². The van der Waals surface area contributed by atoms with Gasteiger partial charge >= 0.3 is 0 Å². The van der Waals surface area contributed by atoms with Crippen molar-refractivity contribution >= 4 is 29.0 Å². The quantitative estimate of drug-likeness (QED) is 0.628. The van der Waals surface area contributed by atoms with E-state index >= 15 is 0 Å². The lowest BCUT2D eigenvalue weighted by Crippen LogP contribution is -2.12. The van der Waals surface area contributed by atoms with Crippen molar-refractivity contribution in [1.29, 1.82) is 0 Å². The van der Waals surface area contributed by atoms with Crippen molar-refractivity contribution in [2.45, 2.75) is 12.2 Å². The molecule has 0 aliphatic heterocycles. The highest BCUT2D eigenvalue weighted by atomic mass is 32.2. The average Bonchev–Trinajstić information content (AvgIpc) is 2.88. The van der Waals surface area contributed by atoms with Gasteiger partial charge in [0.2, 0.25) is 5.91 Å². The van der Waals surface area contributed by atoms with Gasteiger partial charge in [-0.1, -0.05) is 6.07 Å². The van der Waals surface area contributed by atoms with Crippen LogP contribution in [-0.2, 0) is 10.5 Å². The zero-order chi connectivity index (χ0) is 13.5. The summed E-state index contributed by atoms with van der Waals surface area (Å²) >= 11 is 1.67. The summed E-state index contributed by atoms with van der Waals surface area (Å²) in [6, 6.07) is 11.0. The molecule has 0 aliphatic rings.